The minimum atomic E-state index is -2.06. The number of para-hydroxylation sites is 1. The number of aliphatic hydroxyl groups is 1. The molecule has 42 nitrogen and oxygen atoms in total. The molecule has 0 spiro atoms. The van der Waals surface area contributed by atoms with Gasteiger partial charge in [0, 0.05) is 101 Å². The van der Waals surface area contributed by atoms with Gasteiger partial charge in [-0.1, -0.05) is 88.1 Å². The standard InChI is InChI=1S/C84H117N21O21S2/c1-7-9-19-62-77(119)98-60(37-87)76(118)100-61(72(114)91-39-68(89)109)42-127-43-69(110)92-55(30-45-23-25-48(106)26-24-45)80(122)101(4)44(3)71(113)95-57(34-67(88)108)82(124)104-29-15-21-63(104)78(120)99-59(36-86)75(117)97-58(35-70(111)112)83(125)105-40-49(107)33-65(105)79(121)94-54(31-46-38-90-52-18-13-11-16-50(46)52)74(116)93-53(27-28-85)73(115)96-56(32-47-41-128-66-22-14-12-17-51(47)66)81(123)103(6)64(20-10-8-2)84(126)102(62)5/h11-14,16-18,22-26,38,41,44,49,53-65,90,106-107H,7-10,15,19-21,27-37,39-40,42-43,85-87H2,1-6H3,(H2,88,108)(H2,89,109)(H,91,114)(H,92,110)(H,93,116)(H,94,121)(H,95,113)(H,96,115)(H,97,117)(H,98,119)(H,99,120)(H,100,118)(H,111,112)/t44-,49+,53-,54-,55-,56-,57-,58-,59-,60-,61-,62-,63-,64-,65-/m0/s1. The SMILES string of the molecule is CCCC[C@H]1C(=O)N(C)[C@@H](CCCC)C(=O)N[C@@H](CN)C(=O)N[C@H](C(=O)NCC(N)=O)CSCC(=O)N[C@@H](Cc2ccc(O)cc2)C(=O)N(C)[C@@H](C)C(=O)N[C@@H](CC(N)=O)C(=O)N2CCC[C@H]2C(=O)N[C@@H](CN)C(=O)N[C@@H](CC(=O)O)C(=O)N2C[C@H](O)C[C@H]2C(=O)N[C@@H](Cc2c[nH]c3ccccc23)C(=O)N[C@@H](CCN)C(=O)N[C@@H](Cc2csc3ccccc23)C(=O)N1C. The second kappa shape index (κ2) is 48.0. The summed E-state index contributed by atoms with van der Waals surface area (Å²) in [5, 5.41) is 60.2. The molecule has 3 aromatic carbocycles. The number of thiophene rings is 1. The van der Waals surface area contributed by atoms with Crippen LogP contribution in [0.2, 0.25) is 0 Å². The van der Waals surface area contributed by atoms with Crippen LogP contribution in [0.4, 0.5) is 0 Å². The number of hydrogen-bond acceptors (Lipinski definition) is 25. The van der Waals surface area contributed by atoms with Gasteiger partial charge in [0.05, 0.1) is 31.2 Å². The van der Waals surface area contributed by atoms with E-state index in [1.54, 1.807) is 41.9 Å². The fourth-order valence-corrected chi connectivity index (χ4v) is 17.3. The number of unbranched alkanes of at least 4 members (excludes halogenated alkanes) is 2. The van der Waals surface area contributed by atoms with E-state index in [0.717, 1.165) is 46.3 Å². The third-order valence-corrected chi connectivity index (χ3v) is 24.7. The summed E-state index contributed by atoms with van der Waals surface area (Å²) in [7, 11) is 3.88. The summed E-state index contributed by atoms with van der Waals surface area (Å²) in [6, 6.07) is -2.91. The minimum Gasteiger partial charge on any atom is -0.508 e. The number of H-pyrrole nitrogens is 1. The molecule has 0 aliphatic carbocycles. The molecule has 8 rings (SSSR count). The summed E-state index contributed by atoms with van der Waals surface area (Å²) in [5.74, 6) is -19.7. The largest absolute Gasteiger partial charge is 0.508 e. The van der Waals surface area contributed by atoms with Crippen molar-refractivity contribution in [3.05, 3.63) is 101 Å². The number of nitrogens with one attached hydrogen (secondary N) is 11. The lowest BCUT2D eigenvalue weighted by Gasteiger charge is -2.36. The topological polar surface area (TPSA) is 650 Å². The molecule has 15 atom stereocenters. The first-order valence-corrected chi connectivity index (χ1v) is 44.3. The summed E-state index contributed by atoms with van der Waals surface area (Å²) in [6.45, 7) is 1.81. The number of nitrogens with zero attached hydrogens (tertiary/aromatic N) is 5. The molecule has 44 heteroatoms. The highest BCUT2D eigenvalue weighted by Gasteiger charge is 2.47. The Hall–Kier alpha value is -12.4. The van der Waals surface area contributed by atoms with Crippen LogP contribution < -0.4 is 81.8 Å². The number of aromatic nitrogens is 1. The van der Waals surface area contributed by atoms with Crippen molar-refractivity contribution in [1.82, 2.24) is 82.7 Å². The van der Waals surface area contributed by atoms with Gasteiger partial charge in [-0.05, 0) is 97.3 Å². The number of nitrogens with two attached hydrogens (primary N) is 5. The van der Waals surface area contributed by atoms with E-state index < -0.39 is 254 Å². The number of phenolic OH excluding ortho intramolecular Hbond substituents is 1. The molecule has 3 aliphatic rings. The fourth-order valence-electron chi connectivity index (χ4n) is 15.4. The maximum atomic E-state index is 15.7. The molecule has 0 bridgehead atoms. The maximum Gasteiger partial charge on any atom is 0.305 e. The Labute approximate surface area is 746 Å². The molecule has 5 heterocycles. The number of aromatic hydroxyl groups is 1. The molecule has 696 valence electrons. The number of fused-ring (bicyclic) bond motifs is 4. The highest BCUT2D eigenvalue weighted by molar-refractivity contribution is 8.00. The summed E-state index contributed by atoms with van der Waals surface area (Å²) >= 11 is 2.10. The van der Waals surface area contributed by atoms with Crippen LogP contribution in [-0.4, -0.2) is 314 Å². The van der Waals surface area contributed by atoms with Gasteiger partial charge in [0.2, 0.25) is 100 Å². The van der Waals surface area contributed by atoms with E-state index >= 15 is 24.0 Å². The molecule has 17 amide bonds. The van der Waals surface area contributed by atoms with Crippen molar-refractivity contribution in [2.24, 2.45) is 28.7 Å². The lowest BCUT2D eigenvalue weighted by atomic mass is 10.00. The van der Waals surface area contributed by atoms with Gasteiger partial charge in [0.15, 0.2) is 0 Å². The molecule has 24 N–H and O–H groups in total. The number of carboxylic acids is 1. The number of benzene rings is 3. The number of thioether (sulfide) groups is 1. The number of primary amides is 2. The zero-order valence-electron chi connectivity index (χ0n) is 72.1. The van der Waals surface area contributed by atoms with Gasteiger partial charge in [-0.2, -0.15) is 0 Å². The zero-order valence-corrected chi connectivity index (χ0v) is 73.8. The van der Waals surface area contributed by atoms with Gasteiger partial charge < -0.3 is 127 Å². The first-order valence-electron chi connectivity index (χ1n) is 42.3. The number of aromatic amines is 1. The second-order valence-electron chi connectivity index (χ2n) is 31.9. The molecule has 5 aromatic rings. The van der Waals surface area contributed by atoms with Gasteiger partial charge in [-0.3, -0.25) is 86.3 Å². The number of amides is 17. The molecule has 2 aromatic heterocycles. The molecule has 0 radical (unpaired) electrons. The van der Waals surface area contributed by atoms with Gasteiger partial charge in [0.1, 0.15) is 90.3 Å². The smallest absolute Gasteiger partial charge is 0.305 e. The fraction of sp³-hybridized carbons (Fsp3) is 0.524. The summed E-state index contributed by atoms with van der Waals surface area (Å²) in [5.41, 5.74) is 31.6. The van der Waals surface area contributed by atoms with Crippen molar-refractivity contribution in [2.45, 2.75) is 208 Å². The molecular formula is C84H117N21O21S2. The van der Waals surface area contributed by atoms with Crippen molar-refractivity contribution >= 4 is 150 Å². The predicted molar refractivity (Wildman–Crippen MR) is 469 cm³/mol. The first-order chi connectivity index (χ1) is 60.9. The van der Waals surface area contributed by atoms with E-state index in [-0.39, 0.29) is 70.2 Å². The number of hydrogen-bond donors (Lipinski definition) is 19. The third kappa shape index (κ3) is 27.3. The average molecular weight is 1820 g/mol. The van der Waals surface area contributed by atoms with E-state index in [0.29, 0.717) is 53.3 Å². The zero-order chi connectivity index (χ0) is 93.9. The minimum absolute atomic E-state index is 0.00755. The average Bonchev–Trinajstić information content (AvgIpc) is 0.849. The third-order valence-electron chi connectivity index (χ3n) is 22.7. The van der Waals surface area contributed by atoms with E-state index in [4.69, 9.17) is 28.7 Å². The van der Waals surface area contributed by atoms with Crippen LogP contribution in [0.5, 0.6) is 5.75 Å². The van der Waals surface area contributed by atoms with Crippen molar-refractivity contribution in [2.75, 3.05) is 71.9 Å². The number of carbonyl (C=O) groups is 18. The number of phenols is 1. The van der Waals surface area contributed by atoms with E-state index in [9.17, 15) is 77.6 Å². The summed E-state index contributed by atoms with van der Waals surface area (Å²) < 4.78 is 0.820. The van der Waals surface area contributed by atoms with E-state index in [1.807, 2.05) is 32.0 Å². The van der Waals surface area contributed by atoms with Crippen molar-refractivity contribution in [3.8, 4) is 5.75 Å². The lowest BCUT2D eigenvalue weighted by Crippen LogP contribution is -2.62. The Balaban J connectivity index is 1.17. The number of carbonyl (C=O) groups excluding carboxylic acids is 17. The molecule has 3 fully saturated rings. The molecule has 128 heavy (non-hydrogen) atoms. The molecule has 3 aliphatic heterocycles. The lowest BCUT2D eigenvalue weighted by molar-refractivity contribution is -0.149. The Morgan fingerprint density at radius 3 is 1.72 bits per heavy atom. The second-order valence-corrected chi connectivity index (χ2v) is 33.9. The van der Waals surface area contributed by atoms with Crippen molar-refractivity contribution in [1.29, 1.82) is 0 Å². The summed E-state index contributed by atoms with van der Waals surface area (Å²) in [4.78, 5) is 267. The number of aliphatic carboxylic acids is 1. The van der Waals surface area contributed by atoms with Crippen LogP contribution in [-0.2, 0) is 106 Å². The highest BCUT2D eigenvalue weighted by Crippen LogP contribution is 2.30. The van der Waals surface area contributed by atoms with Gasteiger partial charge in [-0.25, -0.2) is 0 Å². The number of rotatable bonds is 23. The Morgan fingerprint density at radius 1 is 0.531 bits per heavy atom. The highest BCUT2D eigenvalue weighted by atomic mass is 32.2. The van der Waals surface area contributed by atoms with Gasteiger partial charge in [-0.15, -0.1) is 23.1 Å². The van der Waals surface area contributed by atoms with Crippen LogP contribution in [0, 0.1) is 0 Å². The Morgan fingerprint density at radius 2 is 1.07 bits per heavy atom. The van der Waals surface area contributed by atoms with Gasteiger partial charge in [0.25, 0.3) is 0 Å². The molecule has 3 saturated heterocycles. The van der Waals surface area contributed by atoms with Gasteiger partial charge >= 0.3 is 5.97 Å². The normalized spacial score (nSPS) is 25.5. The number of aliphatic hydroxyl groups excluding tert-OH is 1. The van der Waals surface area contributed by atoms with E-state index in [2.05, 4.69) is 58.2 Å². The summed E-state index contributed by atoms with van der Waals surface area (Å²) in [6.07, 6.45) is -1.78. The maximum absolute atomic E-state index is 15.7. The molecular weight excluding hydrogens is 1700 g/mol. The monoisotopic (exact) mass is 1820 g/mol. The Bertz CT molecular complexity index is 4860. The van der Waals surface area contributed by atoms with Crippen LogP contribution in [0.25, 0.3) is 21.0 Å². The van der Waals surface area contributed by atoms with E-state index in [1.165, 1.54) is 63.7 Å². The molecule has 0 saturated carbocycles. The predicted octanol–water partition coefficient (Wildman–Crippen LogP) is -4.72. The van der Waals surface area contributed by atoms with Crippen molar-refractivity contribution < 1.29 is 102 Å². The first kappa shape index (κ1) is 101. The Kier molecular flexibility index (Phi) is 37.9. The van der Waals surface area contributed by atoms with Crippen LogP contribution >= 0.6 is 23.1 Å². The van der Waals surface area contributed by atoms with Crippen LogP contribution in [0.1, 0.15) is 115 Å². The van der Waals surface area contributed by atoms with Crippen LogP contribution in [0.3, 0.4) is 0 Å². The quantitative estimate of drug-likeness (QED) is 0.0292. The molecule has 0 unspecified atom stereocenters. The number of carboxylic acid groups (broad SMARTS) is 1. The number of likely N-dealkylation sites (N-methyl/N-ethyl adjacent to an activating group) is 3. The van der Waals surface area contributed by atoms with Crippen LogP contribution in [0.15, 0.2) is 84.4 Å². The van der Waals surface area contributed by atoms with Crippen molar-refractivity contribution in [3.63, 3.8) is 0 Å².